The molecule has 0 aliphatic carbocycles. The first kappa shape index (κ1) is 19.6. The molecule has 0 saturated carbocycles. The minimum Gasteiger partial charge on any atom is -0.465 e. The predicted molar refractivity (Wildman–Crippen MR) is 95.2 cm³/mol. The second kappa shape index (κ2) is 7.46. The maximum absolute atomic E-state index is 12.7. The molecule has 2 saturated heterocycles. The number of thiocarbonyl (C=S) groups is 1. The summed E-state index contributed by atoms with van der Waals surface area (Å²) in [7, 11) is 1.17. The van der Waals surface area contributed by atoms with E-state index < -0.39 is 41.8 Å². The molecule has 0 N–H and O–H groups in total. The van der Waals surface area contributed by atoms with E-state index in [2.05, 4.69) is 22.4 Å². The number of nitrogens with zero attached hydrogens (tertiary/aromatic N) is 1. The molecule has 27 heavy (non-hydrogen) atoms. The van der Waals surface area contributed by atoms with Crippen molar-refractivity contribution in [1.82, 2.24) is 0 Å². The Hall–Kier alpha value is -2.16. The Labute approximate surface area is 161 Å². The zero-order valence-corrected chi connectivity index (χ0v) is 15.9. The summed E-state index contributed by atoms with van der Waals surface area (Å²) < 4.78 is 27.8. The quantitative estimate of drug-likeness (QED) is 0.434. The van der Waals surface area contributed by atoms with Crippen molar-refractivity contribution in [1.29, 1.82) is 0 Å². The summed E-state index contributed by atoms with van der Waals surface area (Å²) in [6.45, 7) is 3.40. The standard InChI is InChI=1S/C18H19NO7S/c1-17(2)25-12-9-23-18(19-10-27,16(21)22-3)14(13(12)26-17)24-15(20)11-7-5-4-6-8-11/h4-8,12-14H,9H2,1-3H3/t12-,13-,14+,18-/m1/s1. The molecule has 2 heterocycles. The summed E-state index contributed by atoms with van der Waals surface area (Å²) in [5, 5.41) is 2.13. The molecular formula is C18H19NO7S. The van der Waals surface area contributed by atoms with Crippen LogP contribution in [0.4, 0.5) is 0 Å². The third-order valence-corrected chi connectivity index (χ3v) is 4.40. The van der Waals surface area contributed by atoms with E-state index in [-0.39, 0.29) is 6.61 Å². The van der Waals surface area contributed by atoms with E-state index in [0.29, 0.717) is 5.56 Å². The Balaban J connectivity index is 2.01. The number of methoxy groups -OCH3 is 1. The predicted octanol–water partition coefficient (Wildman–Crippen LogP) is 1.73. The first-order valence-electron chi connectivity index (χ1n) is 8.26. The largest absolute Gasteiger partial charge is 0.465 e. The topological polar surface area (TPSA) is 92.7 Å². The maximum Gasteiger partial charge on any atom is 0.366 e. The number of ether oxygens (including phenoxy) is 5. The molecule has 0 amide bonds. The SMILES string of the molecule is COC(=O)[C@]1(N=C=S)OC[C@H]2OC(C)(C)O[C@H]2[C@@H]1OC(=O)c1ccccc1. The summed E-state index contributed by atoms with van der Waals surface area (Å²) in [5.41, 5.74) is -1.73. The molecule has 8 nitrogen and oxygen atoms in total. The van der Waals surface area contributed by atoms with E-state index in [9.17, 15) is 9.59 Å². The lowest BCUT2D eigenvalue weighted by molar-refractivity contribution is -0.222. The number of hydrogen-bond donors (Lipinski definition) is 0. The summed E-state index contributed by atoms with van der Waals surface area (Å²) >= 11 is 4.68. The zero-order valence-electron chi connectivity index (χ0n) is 15.0. The van der Waals surface area contributed by atoms with Crippen LogP contribution in [-0.2, 0) is 28.5 Å². The number of benzene rings is 1. The van der Waals surface area contributed by atoms with Crippen molar-refractivity contribution >= 4 is 29.3 Å². The number of esters is 2. The van der Waals surface area contributed by atoms with Crippen molar-refractivity contribution in [3.63, 3.8) is 0 Å². The van der Waals surface area contributed by atoms with E-state index in [4.69, 9.17) is 23.7 Å². The molecule has 2 fully saturated rings. The molecule has 0 radical (unpaired) electrons. The Morgan fingerprint density at radius 1 is 1.26 bits per heavy atom. The minimum absolute atomic E-state index is 0.0247. The van der Waals surface area contributed by atoms with Crippen molar-refractivity contribution in [2.45, 2.75) is 43.7 Å². The number of aliphatic imine (C=N–C) groups is 1. The molecule has 4 atom stereocenters. The van der Waals surface area contributed by atoms with E-state index in [1.807, 2.05) is 0 Å². The van der Waals surface area contributed by atoms with Crippen LogP contribution in [0.2, 0.25) is 0 Å². The Kier molecular flexibility index (Phi) is 5.41. The lowest BCUT2D eigenvalue weighted by atomic mass is 9.94. The van der Waals surface area contributed by atoms with Crippen LogP contribution in [0.25, 0.3) is 0 Å². The number of rotatable bonds is 4. The van der Waals surface area contributed by atoms with Crippen molar-refractivity contribution in [3.8, 4) is 0 Å². The fraction of sp³-hybridized carbons (Fsp3) is 0.500. The van der Waals surface area contributed by atoms with Gasteiger partial charge < -0.3 is 23.7 Å². The highest BCUT2D eigenvalue weighted by atomic mass is 32.1. The fourth-order valence-corrected chi connectivity index (χ4v) is 3.33. The number of isothiocyanates is 1. The second-order valence-corrected chi connectivity index (χ2v) is 6.72. The highest BCUT2D eigenvalue weighted by Gasteiger charge is 2.64. The molecule has 0 aromatic heterocycles. The van der Waals surface area contributed by atoms with Crippen molar-refractivity contribution < 1.29 is 33.3 Å². The zero-order chi connectivity index (χ0) is 19.7. The van der Waals surface area contributed by atoms with Gasteiger partial charge in [-0.2, -0.15) is 4.99 Å². The van der Waals surface area contributed by atoms with Gasteiger partial charge in [-0.25, -0.2) is 9.59 Å². The normalized spacial score (nSPS) is 31.3. The molecule has 2 aliphatic rings. The Morgan fingerprint density at radius 2 is 1.96 bits per heavy atom. The highest BCUT2D eigenvalue weighted by molar-refractivity contribution is 7.78. The van der Waals surface area contributed by atoms with Crippen molar-refractivity contribution in [2.75, 3.05) is 13.7 Å². The van der Waals surface area contributed by atoms with E-state index >= 15 is 0 Å². The van der Waals surface area contributed by atoms with Gasteiger partial charge in [-0.1, -0.05) is 18.2 Å². The van der Waals surface area contributed by atoms with Gasteiger partial charge in [0, 0.05) is 0 Å². The highest BCUT2D eigenvalue weighted by Crippen LogP contribution is 2.41. The molecule has 1 aromatic carbocycles. The van der Waals surface area contributed by atoms with Crippen LogP contribution in [0, 0.1) is 0 Å². The monoisotopic (exact) mass is 393 g/mol. The van der Waals surface area contributed by atoms with Crippen LogP contribution in [-0.4, -0.2) is 60.6 Å². The van der Waals surface area contributed by atoms with Crippen LogP contribution in [0.1, 0.15) is 24.2 Å². The molecular weight excluding hydrogens is 374 g/mol. The molecule has 1 aromatic rings. The van der Waals surface area contributed by atoms with Crippen LogP contribution >= 0.6 is 12.2 Å². The van der Waals surface area contributed by atoms with Crippen molar-refractivity contribution in [3.05, 3.63) is 35.9 Å². The first-order chi connectivity index (χ1) is 12.8. The first-order valence-corrected chi connectivity index (χ1v) is 8.67. The van der Waals surface area contributed by atoms with Crippen molar-refractivity contribution in [2.24, 2.45) is 4.99 Å². The van der Waals surface area contributed by atoms with E-state index in [1.54, 1.807) is 44.2 Å². The van der Waals surface area contributed by atoms with Gasteiger partial charge in [0.15, 0.2) is 11.9 Å². The molecule has 0 unspecified atom stereocenters. The van der Waals surface area contributed by atoms with E-state index in [0.717, 1.165) is 0 Å². The number of hydrogen-bond acceptors (Lipinski definition) is 9. The molecule has 9 heteroatoms. The Bertz CT molecular complexity index is 777. The summed E-state index contributed by atoms with van der Waals surface area (Å²) in [4.78, 5) is 29.1. The summed E-state index contributed by atoms with van der Waals surface area (Å²) in [5.74, 6) is -2.51. The lowest BCUT2D eigenvalue weighted by Crippen LogP contribution is -2.64. The lowest BCUT2D eigenvalue weighted by Gasteiger charge is -2.41. The third-order valence-electron chi connectivity index (χ3n) is 4.31. The summed E-state index contributed by atoms with van der Waals surface area (Å²) in [6, 6.07) is 8.32. The molecule has 0 spiro atoms. The molecule has 0 bridgehead atoms. The molecule has 144 valence electrons. The smallest absolute Gasteiger partial charge is 0.366 e. The van der Waals surface area contributed by atoms with Crippen LogP contribution < -0.4 is 0 Å². The summed E-state index contributed by atoms with van der Waals surface area (Å²) in [6.07, 6.45) is -2.66. The second-order valence-electron chi connectivity index (χ2n) is 6.53. The minimum atomic E-state index is -2.02. The van der Waals surface area contributed by atoms with Gasteiger partial charge in [-0.3, -0.25) is 0 Å². The average molecular weight is 393 g/mol. The number of carbonyl (C=O) groups is 2. The van der Waals surface area contributed by atoms with Gasteiger partial charge in [0.25, 0.3) is 0 Å². The van der Waals surface area contributed by atoms with Crippen LogP contribution in [0.5, 0.6) is 0 Å². The maximum atomic E-state index is 12.7. The average Bonchev–Trinajstić information content (AvgIpc) is 2.98. The fourth-order valence-electron chi connectivity index (χ4n) is 3.20. The van der Waals surface area contributed by atoms with Gasteiger partial charge in [-0.15, -0.1) is 0 Å². The van der Waals surface area contributed by atoms with Gasteiger partial charge >= 0.3 is 17.7 Å². The third kappa shape index (κ3) is 3.65. The van der Waals surface area contributed by atoms with Crippen LogP contribution in [0.3, 0.4) is 0 Å². The molecule has 2 aliphatic heterocycles. The van der Waals surface area contributed by atoms with E-state index in [1.165, 1.54) is 7.11 Å². The number of fused-ring (bicyclic) bond motifs is 1. The molecule has 3 rings (SSSR count). The van der Waals surface area contributed by atoms with Gasteiger partial charge in [-0.05, 0) is 38.2 Å². The van der Waals surface area contributed by atoms with Gasteiger partial charge in [0.1, 0.15) is 12.2 Å². The van der Waals surface area contributed by atoms with Gasteiger partial charge in [0.05, 0.1) is 24.4 Å². The number of carbonyl (C=O) groups excluding carboxylic acids is 2. The van der Waals surface area contributed by atoms with Crippen LogP contribution in [0.15, 0.2) is 35.3 Å². The van der Waals surface area contributed by atoms with Gasteiger partial charge in [0.2, 0.25) is 0 Å². The Morgan fingerprint density at radius 3 is 2.59 bits per heavy atom.